The van der Waals surface area contributed by atoms with E-state index in [1.165, 1.54) is 0 Å². The summed E-state index contributed by atoms with van der Waals surface area (Å²) in [6, 6.07) is 35.3. The first kappa shape index (κ1) is 29.8. The van der Waals surface area contributed by atoms with Crippen molar-refractivity contribution in [3.8, 4) is 17.4 Å². The van der Waals surface area contributed by atoms with Crippen LogP contribution in [0.1, 0.15) is 43.4 Å². The molecule has 9 nitrogen and oxygen atoms in total. The lowest BCUT2D eigenvalue weighted by atomic mass is 10.1. The number of aromatic nitrogens is 3. The molecule has 0 spiro atoms. The van der Waals surface area contributed by atoms with Gasteiger partial charge in [0.15, 0.2) is 5.76 Å². The molecule has 0 fully saturated rings. The van der Waals surface area contributed by atoms with E-state index in [9.17, 15) is 9.59 Å². The second-order valence-corrected chi connectivity index (χ2v) is 10.6. The van der Waals surface area contributed by atoms with E-state index in [1.54, 1.807) is 60.0 Å². The van der Waals surface area contributed by atoms with Gasteiger partial charge in [0, 0.05) is 54.4 Å². The Morgan fingerprint density at radius 3 is 2.41 bits per heavy atom. The number of nitriles is 1. The first-order chi connectivity index (χ1) is 22.6. The molecule has 0 aliphatic heterocycles. The number of carbonyl (C=O) groups is 2. The van der Waals surface area contributed by atoms with Gasteiger partial charge < -0.3 is 19.2 Å². The van der Waals surface area contributed by atoms with Crippen LogP contribution < -0.4 is 10.2 Å². The molecule has 0 saturated heterocycles. The molecule has 0 bridgehead atoms. The number of carbonyl (C=O) groups excluding carboxylic acids is 2. The Hall–Kier alpha value is -6.27. The Kier molecular flexibility index (Phi) is 9.07. The molecule has 226 valence electrons. The van der Waals surface area contributed by atoms with E-state index in [0.29, 0.717) is 42.1 Å². The average molecular weight is 607 g/mol. The van der Waals surface area contributed by atoms with Gasteiger partial charge in [-0.15, -0.1) is 0 Å². The Morgan fingerprint density at radius 1 is 0.891 bits per heavy atom. The van der Waals surface area contributed by atoms with Gasteiger partial charge in [-0.2, -0.15) is 5.26 Å². The number of hydrogen-bond acceptors (Lipinski definition) is 6. The molecule has 0 aliphatic rings. The molecule has 6 aromatic rings. The smallest absolute Gasteiger partial charge is 0.287 e. The van der Waals surface area contributed by atoms with Crippen LogP contribution in [0.4, 0.5) is 5.69 Å². The van der Waals surface area contributed by atoms with Crippen LogP contribution in [0.5, 0.6) is 0 Å². The molecule has 0 unspecified atom stereocenters. The number of benzene rings is 3. The van der Waals surface area contributed by atoms with Crippen molar-refractivity contribution in [2.45, 2.75) is 19.5 Å². The Bertz CT molecular complexity index is 1960. The highest BCUT2D eigenvalue weighted by atomic mass is 16.3. The summed E-state index contributed by atoms with van der Waals surface area (Å²) in [6.45, 7) is 1.27. The molecule has 1 N–H and O–H groups in total. The van der Waals surface area contributed by atoms with Crippen molar-refractivity contribution in [3.05, 3.63) is 162 Å². The molecule has 46 heavy (non-hydrogen) atoms. The number of nitrogens with zero attached hydrogens (tertiary/aromatic N) is 5. The number of rotatable bonds is 11. The van der Waals surface area contributed by atoms with Gasteiger partial charge in [0.2, 0.25) is 0 Å². The summed E-state index contributed by atoms with van der Waals surface area (Å²) in [4.78, 5) is 36.8. The van der Waals surface area contributed by atoms with Crippen molar-refractivity contribution < 1.29 is 14.0 Å². The van der Waals surface area contributed by atoms with Crippen molar-refractivity contribution in [1.82, 2.24) is 19.9 Å². The van der Waals surface area contributed by atoms with E-state index >= 15 is 0 Å². The largest absolute Gasteiger partial charge is 0.451 e. The van der Waals surface area contributed by atoms with Gasteiger partial charge in [-0.3, -0.25) is 14.6 Å². The molecule has 3 heterocycles. The molecule has 0 atom stereocenters. The van der Waals surface area contributed by atoms with Crippen molar-refractivity contribution >= 4 is 17.5 Å². The van der Waals surface area contributed by atoms with Gasteiger partial charge in [-0.25, -0.2) is 4.98 Å². The highest BCUT2D eigenvalue weighted by molar-refractivity contribution is 6.06. The van der Waals surface area contributed by atoms with E-state index in [-0.39, 0.29) is 24.1 Å². The lowest BCUT2D eigenvalue weighted by molar-refractivity contribution is 0.0926. The van der Waals surface area contributed by atoms with Gasteiger partial charge >= 0.3 is 0 Å². The molecule has 2 amide bonds. The van der Waals surface area contributed by atoms with E-state index in [4.69, 9.17) is 9.68 Å². The van der Waals surface area contributed by atoms with E-state index in [2.05, 4.69) is 21.4 Å². The fourth-order valence-corrected chi connectivity index (χ4v) is 5.04. The van der Waals surface area contributed by atoms with Gasteiger partial charge in [-0.1, -0.05) is 36.4 Å². The first-order valence-electron chi connectivity index (χ1n) is 14.8. The molecule has 3 aromatic heterocycles. The molecular weight excluding hydrogens is 576 g/mol. The normalized spacial score (nSPS) is 10.7. The molecule has 6 rings (SSSR count). The van der Waals surface area contributed by atoms with Crippen molar-refractivity contribution in [2.24, 2.45) is 0 Å². The molecule has 0 saturated carbocycles. The Balaban J connectivity index is 1.18. The summed E-state index contributed by atoms with van der Waals surface area (Å²) in [6.07, 6.45) is 5.85. The minimum absolute atomic E-state index is 0.151. The van der Waals surface area contributed by atoms with Crippen LogP contribution in [0, 0.1) is 11.3 Å². The van der Waals surface area contributed by atoms with E-state index in [1.807, 2.05) is 77.4 Å². The van der Waals surface area contributed by atoms with Crippen LogP contribution in [-0.4, -0.2) is 32.9 Å². The molecule has 3 aromatic carbocycles. The van der Waals surface area contributed by atoms with Crippen LogP contribution in [0.2, 0.25) is 0 Å². The molecular formula is C37H30N6O3. The van der Waals surface area contributed by atoms with Gasteiger partial charge in [0.25, 0.3) is 11.8 Å². The maximum atomic E-state index is 13.8. The third-order valence-corrected chi connectivity index (χ3v) is 7.51. The number of imidazole rings is 1. The predicted molar refractivity (Wildman–Crippen MR) is 174 cm³/mol. The van der Waals surface area contributed by atoms with Crippen LogP contribution >= 0.6 is 0 Å². The molecule has 9 heteroatoms. The lowest BCUT2D eigenvalue weighted by Crippen LogP contribution is -2.31. The quantitative estimate of drug-likeness (QED) is 0.186. The average Bonchev–Trinajstić information content (AvgIpc) is 3.78. The highest BCUT2D eigenvalue weighted by Gasteiger charge is 2.21. The van der Waals surface area contributed by atoms with Crippen LogP contribution in [-0.2, 0) is 19.5 Å². The van der Waals surface area contributed by atoms with Gasteiger partial charge in [0.1, 0.15) is 5.76 Å². The zero-order valence-corrected chi connectivity index (χ0v) is 24.9. The van der Waals surface area contributed by atoms with Crippen LogP contribution in [0.15, 0.2) is 132 Å². The SMILES string of the molecule is N#Cc1ccc(Cn2cncc2CN(C(=O)c2ccccc2)c2ccc(-c3ccc(C(=O)NCCc4ccccn4)o3)cc2)cc1. The number of nitrogens with one attached hydrogen (secondary N) is 1. The van der Waals surface area contributed by atoms with Crippen molar-refractivity contribution in [2.75, 3.05) is 11.4 Å². The number of pyridine rings is 1. The standard InChI is InChI=1S/C37H30N6O3/c38-22-27-9-11-28(12-10-27)24-42-26-39-23-33(42)25-43(37(45)30-6-2-1-3-7-30)32-15-13-29(14-16-32)34-17-18-35(46-34)36(44)41-21-19-31-8-4-5-20-40-31/h1-18,20,23,26H,19,21,24-25H2,(H,41,44). The monoisotopic (exact) mass is 606 g/mol. The van der Waals surface area contributed by atoms with E-state index < -0.39 is 0 Å². The van der Waals surface area contributed by atoms with Gasteiger partial charge in [0.05, 0.1) is 30.2 Å². The number of anilines is 1. The Morgan fingerprint density at radius 2 is 1.67 bits per heavy atom. The summed E-state index contributed by atoms with van der Waals surface area (Å²) in [7, 11) is 0. The third-order valence-electron chi connectivity index (χ3n) is 7.51. The summed E-state index contributed by atoms with van der Waals surface area (Å²) in [5.74, 6) is 0.317. The fraction of sp³-hybridized carbons (Fsp3) is 0.108. The maximum absolute atomic E-state index is 13.8. The topological polar surface area (TPSA) is 117 Å². The Labute approximate surface area is 266 Å². The second kappa shape index (κ2) is 14.0. The summed E-state index contributed by atoms with van der Waals surface area (Å²) >= 11 is 0. The minimum atomic E-state index is -0.295. The minimum Gasteiger partial charge on any atom is -0.451 e. The lowest BCUT2D eigenvalue weighted by Gasteiger charge is -2.24. The highest BCUT2D eigenvalue weighted by Crippen LogP contribution is 2.27. The zero-order chi connectivity index (χ0) is 31.7. The predicted octanol–water partition coefficient (Wildman–Crippen LogP) is 6.28. The van der Waals surface area contributed by atoms with Crippen LogP contribution in [0.25, 0.3) is 11.3 Å². The summed E-state index contributed by atoms with van der Waals surface area (Å²) in [5, 5.41) is 12.0. The summed E-state index contributed by atoms with van der Waals surface area (Å²) < 4.78 is 7.88. The summed E-state index contributed by atoms with van der Waals surface area (Å²) in [5.41, 5.74) is 5.40. The fourth-order valence-electron chi connectivity index (χ4n) is 5.04. The van der Waals surface area contributed by atoms with E-state index in [0.717, 1.165) is 22.5 Å². The molecule has 0 radical (unpaired) electrons. The maximum Gasteiger partial charge on any atom is 0.287 e. The van der Waals surface area contributed by atoms with Crippen molar-refractivity contribution in [1.29, 1.82) is 5.26 Å². The number of hydrogen-bond donors (Lipinski definition) is 1. The van der Waals surface area contributed by atoms with Crippen LogP contribution in [0.3, 0.4) is 0 Å². The van der Waals surface area contributed by atoms with Gasteiger partial charge in [-0.05, 0) is 78.4 Å². The van der Waals surface area contributed by atoms with Crippen molar-refractivity contribution in [3.63, 3.8) is 0 Å². The number of furan rings is 1. The third kappa shape index (κ3) is 7.09. The zero-order valence-electron chi connectivity index (χ0n) is 24.9. The second-order valence-electron chi connectivity index (χ2n) is 10.6. The number of amides is 2. The molecule has 0 aliphatic carbocycles. The first-order valence-corrected chi connectivity index (χ1v) is 14.8.